The second-order valence-corrected chi connectivity index (χ2v) is 5.96. The first-order valence-corrected chi connectivity index (χ1v) is 8.42. The summed E-state index contributed by atoms with van der Waals surface area (Å²) in [6.45, 7) is 1.64. The van der Waals surface area contributed by atoms with E-state index < -0.39 is 12.1 Å². The predicted molar refractivity (Wildman–Crippen MR) is 98.1 cm³/mol. The number of carbonyl (C=O) groups excluding carboxylic acids is 1. The molecule has 0 aliphatic rings. The first-order chi connectivity index (χ1) is 13.0. The minimum Gasteiger partial charge on any atom is -0.493 e. The second-order valence-electron chi connectivity index (χ2n) is 5.55. The van der Waals surface area contributed by atoms with Crippen LogP contribution in [-0.2, 0) is 4.74 Å². The van der Waals surface area contributed by atoms with Gasteiger partial charge in [0.15, 0.2) is 17.6 Å². The number of rotatable bonds is 6. The maximum atomic E-state index is 12.5. The van der Waals surface area contributed by atoms with Crippen molar-refractivity contribution in [1.29, 1.82) is 0 Å². The second kappa shape index (κ2) is 8.09. The fourth-order valence-corrected chi connectivity index (χ4v) is 2.70. The molecule has 0 spiro atoms. The average molecular weight is 389 g/mol. The van der Waals surface area contributed by atoms with E-state index in [1.165, 1.54) is 26.4 Å². The summed E-state index contributed by atoms with van der Waals surface area (Å²) in [6, 6.07) is 12.2. The Morgan fingerprint density at radius 1 is 1.11 bits per heavy atom. The molecule has 0 aliphatic carbocycles. The molecule has 140 valence electrons. The average Bonchev–Trinajstić information content (AvgIpc) is 3.18. The number of hydrogen-bond acceptors (Lipinski definition) is 7. The maximum Gasteiger partial charge on any atom is 0.339 e. The van der Waals surface area contributed by atoms with Crippen LogP contribution in [-0.4, -0.2) is 30.4 Å². The molecule has 1 heterocycles. The van der Waals surface area contributed by atoms with Gasteiger partial charge >= 0.3 is 5.97 Å². The van der Waals surface area contributed by atoms with Crippen LogP contribution < -0.4 is 9.47 Å². The molecule has 3 aromatic rings. The van der Waals surface area contributed by atoms with Gasteiger partial charge < -0.3 is 18.6 Å². The summed E-state index contributed by atoms with van der Waals surface area (Å²) in [7, 11) is 2.92. The van der Waals surface area contributed by atoms with Gasteiger partial charge in [-0.05, 0) is 31.2 Å². The number of carbonyl (C=O) groups is 1. The Balaban J connectivity index is 1.77. The molecule has 0 bridgehead atoms. The molecule has 0 aliphatic heterocycles. The highest BCUT2D eigenvalue weighted by Gasteiger charge is 2.22. The highest BCUT2D eigenvalue weighted by molar-refractivity contribution is 6.32. The summed E-state index contributed by atoms with van der Waals surface area (Å²) in [6.07, 6.45) is -0.741. The van der Waals surface area contributed by atoms with E-state index in [1.54, 1.807) is 6.92 Å². The molecule has 7 nitrogen and oxygen atoms in total. The topological polar surface area (TPSA) is 83.7 Å². The zero-order valence-electron chi connectivity index (χ0n) is 14.9. The molecule has 1 atom stereocenters. The molecule has 2 aromatic carbocycles. The van der Waals surface area contributed by atoms with E-state index in [2.05, 4.69) is 10.2 Å². The van der Waals surface area contributed by atoms with Crippen molar-refractivity contribution < 1.29 is 23.4 Å². The lowest BCUT2D eigenvalue weighted by Crippen LogP contribution is -2.10. The van der Waals surface area contributed by atoms with E-state index in [9.17, 15) is 4.79 Å². The molecule has 8 heteroatoms. The van der Waals surface area contributed by atoms with Crippen molar-refractivity contribution in [3.05, 3.63) is 58.9 Å². The summed E-state index contributed by atoms with van der Waals surface area (Å²) < 4.78 is 21.4. The summed E-state index contributed by atoms with van der Waals surface area (Å²) in [5.41, 5.74) is 0.994. The largest absolute Gasteiger partial charge is 0.493 e. The van der Waals surface area contributed by atoms with Crippen LogP contribution >= 0.6 is 11.6 Å². The quantitative estimate of drug-likeness (QED) is 0.581. The van der Waals surface area contributed by atoms with Gasteiger partial charge in [0, 0.05) is 5.56 Å². The number of methoxy groups -OCH3 is 2. The first kappa shape index (κ1) is 18.7. The number of halogens is 1. The maximum absolute atomic E-state index is 12.5. The van der Waals surface area contributed by atoms with Crippen molar-refractivity contribution in [3.63, 3.8) is 0 Å². The Morgan fingerprint density at radius 3 is 2.52 bits per heavy atom. The van der Waals surface area contributed by atoms with E-state index in [4.69, 9.17) is 30.2 Å². The Morgan fingerprint density at radius 2 is 1.85 bits per heavy atom. The smallest absolute Gasteiger partial charge is 0.339 e. The molecule has 3 rings (SSSR count). The van der Waals surface area contributed by atoms with Crippen LogP contribution in [0.4, 0.5) is 0 Å². The van der Waals surface area contributed by atoms with Crippen molar-refractivity contribution in [1.82, 2.24) is 10.2 Å². The van der Waals surface area contributed by atoms with Gasteiger partial charge in [-0.1, -0.05) is 29.8 Å². The number of nitrogens with zero attached hydrogens (tertiary/aromatic N) is 2. The van der Waals surface area contributed by atoms with Gasteiger partial charge in [0.2, 0.25) is 5.89 Å². The Kier molecular flexibility index (Phi) is 5.61. The third kappa shape index (κ3) is 4.03. The summed E-state index contributed by atoms with van der Waals surface area (Å²) >= 11 is 6.13. The highest BCUT2D eigenvalue weighted by Crippen LogP contribution is 2.36. The number of ether oxygens (including phenoxy) is 3. The lowest BCUT2D eigenvalue weighted by atomic mass is 10.2. The normalized spacial score (nSPS) is 11.7. The third-order valence-corrected chi connectivity index (χ3v) is 4.04. The minimum absolute atomic E-state index is 0.189. The summed E-state index contributed by atoms with van der Waals surface area (Å²) in [4.78, 5) is 12.5. The molecule has 0 fully saturated rings. The van der Waals surface area contributed by atoms with Gasteiger partial charge in [-0.25, -0.2) is 4.79 Å². The van der Waals surface area contributed by atoms with Gasteiger partial charge in [0.25, 0.3) is 5.89 Å². The van der Waals surface area contributed by atoms with Crippen LogP contribution in [0, 0.1) is 0 Å². The Bertz CT molecular complexity index is 943. The van der Waals surface area contributed by atoms with Crippen LogP contribution in [0.15, 0.2) is 46.9 Å². The van der Waals surface area contributed by atoms with E-state index in [-0.39, 0.29) is 16.5 Å². The van der Waals surface area contributed by atoms with Crippen LogP contribution in [0.3, 0.4) is 0 Å². The molecule has 27 heavy (non-hydrogen) atoms. The van der Waals surface area contributed by atoms with Crippen LogP contribution in [0.5, 0.6) is 11.5 Å². The van der Waals surface area contributed by atoms with Gasteiger partial charge in [0.1, 0.15) is 0 Å². The Labute approximate surface area is 160 Å². The van der Waals surface area contributed by atoms with Crippen LogP contribution in [0.2, 0.25) is 5.02 Å². The Hall–Kier alpha value is -3.06. The molecule has 0 saturated carbocycles. The van der Waals surface area contributed by atoms with E-state index in [0.29, 0.717) is 17.4 Å². The molecule has 0 N–H and O–H groups in total. The molecule has 0 amide bonds. The number of aromatic nitrogens is 2. The van der Waals surface area contributed by atoms with Crippen molar-refractivity contribution in [3.8, 4) is 23.0 Å². The summed E-state index contributed by atoms with van der Waals surface area (Å²) in [5, 5.41) is 8.18. The van der Waals surface area contributed by atoms with Crippen molar-refractivity contribution >= 4 is 17.6 Å². The highest BCUT2D eigenvalue weighted by atomic mass is 35.5. The molecule has 0 radical (unpaired) electrons. The number of esters is 1. The third-order valence-electron chi connectivity index (χ3n) is 3.76. The zero-order chi connectivity index (χ0) is 19.4. The lowest BCUT2D eigenvalue weighted by Gasteiger charge is -2.13. The minimum atomic E-state index is -0.741. The predicted octanol–water partition coefficient (Wildman–Crippen LogP) is 4.33. The van der Waals surface area contributed by atoms with Crippen molar-refractivity contribution in [2.24, 2.45) is 0 Å². The van der Waals surface area contributed by atoms with E-state index >= 15 is 0 Å². The molecule has 0 saturated heterocycles. The monoisotopic (exact) mass is 388 g/mol. The number of benzene rings is 2. The van der Waals surface area contributed by atoms with Crippen molar-refractivity contribution in [2.75, 3.05) is 14.2 Å². The molecule has 1 aromatic heterocycles. The van der Waals surface area contributed by atoms with Crippen LogP contribution in [0.1, 0.15) is 29.3 Å². The van der Waals surface area contributed by atoms with Gasteiger partial charge in [-0.15, -0.1) is 10.2 Å². The zero-order valence-corrected chi connectivity index (χ0v) is 15.7. The van der Waals surface area contributed by atoms with Gasteiger partial charge in [-0.3, -0.25) is 0 Å². The van der Waals surface area contributed by atoms with E-state index in [0.717, 1.165) is 5.56 Å². The van der Waals surface area contributed by atoms with Crippen molar-refractivity contribution in [2.45, 2.75) is 13.0 Å². The molecular weight excluding hydrogens is 372 g/mol. The lowest BCUT2D eigenvalue weighted by molar-refractivity contribution is 0.0279. The van der Waals surface area contributed by atoms with Gasteiger partial charge in [-0.2, -0.15) is 0 Å². The van der Waals surface area contributed by atoms with E-state index in [1.807, 2.05) is 30.3 Å². The molecule has 1 unspecified atom stereocenters. The number of hydrogen-bond donors (Lipinski definition) is 0. The summed E-state index contributed by atoms with van der Waals surface area (Å²) in [5.74, 6) is 0.600. The fourth-order valence-electron chi connectivity index (χ4n) is 2.41. The van der Waals surface area contributed by atoms with Crippen LogP contribution in [0.25, 0.3) is 11.5 Å². The van der Waals surface area contributed by atoms with Gasteiger partial charge in [0.05, 0.1) is 24.8 Å². The molecular formula is C19H17ClN2O5. The fraction of sp³-hybridized carbons (Fsp3) is 0.211. The standard InChI is InChI=1S/C19H17ClN2O5/c1-11(17-21-22-18(27-17)12-7-5-4-6-8-12)26-19(23)13-9-14(20)16(25-3)15(10-13)24-2/h4-11H,1-3H3. The SMILES string of the molecule is COc1cc(C(=O)OC(C)c2nnc(-c3ccccc3)o2)cc(Cl)c1OC. The first-order valence-electron chi connectivity index (χ1n) is 8.04.